The van der Waals surface area contributed by atoms with E-state index in [2.05, 4.69) is 15.3 Å². The summed E-state index contributed by atoms with van der Waals surface area (Å²) in [5, 5.41) is 4.21. The van der Waals surface area contributed by atoms with Crippen molar-refractivity contribution in [3.05, 3.63) is 59.7 Å². The van der Waals surface area contributed by atoms with Gasteiger partial charge in [0.05, 0.1) is 5.69 Å². The second kappa shape index (κ2) is 4.72. The van der Waals surface area contributed by atoms with Gasteiger partial charge in [0.1, 0.15) is 11.5 Å². The third kappa shape index (κ3) is 2.17. The maximum Gasteiger partial charge on any atom is 0.146 e. The van der Waals surface area contributed by atoms with Crippen LogP contribution >= 0.6 is 0 Å². The first-order valence-electron chi connectivity index (χ1n) is 6.15. The van der Waals surface area contributed by atoms with Crippen LogP contribution in [0.5, 0.6) is 0 Å². The number of pyridine rings is 1. The van der Waals surface area contributed by atoms with Gasteiger partial charge in [0, 0.05) is 24.3 Å². The Kier molecular flexibility index (Phi) is 2.91. The van der Waals surface area contributed by atoms with Crippen LogP contribution < -0.4 is 5.32 Å². The van der Waals surface area contributed by atoms with E-state index >= 15 is 0 Å². The summed E-state index contributed by atoms with van der Waals surface area (Å²) in [6, 6.07) is 8.97. The van der Waals surface area contributed by atoms with Crippen molar-refractivity contribution in [2.75, 3.05) is 5.32 Å². The Balaban J connectivity index is 1.87. The van der Waals surface area contributed by atoms with Crippen molar-refractivity contribution < 1.29 is 4.39 Å². The molecule has 96 valence electrons. The molecule has 0 atom stereocenters. The number of halogens is 1. The van der Waals surface area contributed by atoms with Crippen LogP contribution in [0.2, 0.25) is 0 Å². The molecule has 3 nitrogen and oxygen atoms in total. The average Bonchev–Trinajstić information content (AvgIpc) is 2.82. The molecule has 0 aliphatic heterocycles. The lowest BCUT2D eigenvalue weighted by Crippen LogP contribution is -2.02. The number of hydrogen-bond acceptors (Lipinski definition) is 2. The van der Waals surface area contributed by atoms with Crippen molar-refractivity contribution >= 4 is 16.7 Å². The number of benzene rings is 1. The SMILES string of the molecule is Cc1cccc(F)c1NCc1c[nH]c2ncccc12. The number of aromatic nitrogens is 2. The number of nitrogens with zero attached hydrogens (tertiary/aromatic N) is 1. The van der Waals surface area contributed by atoms with E-state index in [1.165, 1.54) is 6.07 Å². The molecule has 0 fully saturated rings. The van der Waals surface area contributed by atoms with Crippen LogP contribution in [0.4, 0.5) is 10.1 Å². The number of para-hydroxylation sites is 1. The molecule has 2 aromatic heterocycles. The Hall–Kier alpha value is -2.36. The van der Waals surface area contributed by atoms with Crippen molar-refractivity contribution in [3.63, 3.8) is 0 Å². The van der Waals surface area contributed by atoms with Gasteiger partial charge in [-0.1, -0.05) is 12.1 Å². The maximum atomic E-state index is 13.7. The standard InChI is InChI=1S/C15H14FN3/c1-10-4-2-6-13(16)14(10)18-8-11-9-19-15-12(11)5-3-7-17-15/h2-7,9,18H,8H2,1H3,(H,17,19). The minimum absolute atomic E-state index is 0.224. The minimum atomic E-state index is -0.224. The van der Waals surface area contributed by atoms with Crippen LogP contribution in [0.15, 0.2) is 42.7 Å². The van der Waals surface area contributed by atoms with E-state index in [9.17, 15) is 4.39 Å². The first kappa shape index (κ1) is 11.7. The normalized spacial score (nSPS) is 10.8. The summed E-state index contributed by atoms with van der Waals surface area (Å²) < 4.78 is 13.7. The van der Waals surface area contributed by atoms with E-state index in [4.69, 9.17) is 0 Å². The topological polar surface area (TPSA) is 40.7 Å². The smallest absolute Gasteiger partial charge is 0.146 e. The quantitative estimate of drug-likeness (QED) is 0.750. The Morgan fingerprint density at radius 2 is 2.16 bits per heavy atom. The monoisotopic (exact) mass is 255 g/mol. The average molecular weight is 255 g/mol. The minimum Gasteiger partial charge on any atom is -0.378 e. The fraction of sp³-hybridized carbons (Fsp3) is 0.133. The lowest BCUT2D eigenvalue weighted by atomic mass is 10.1. The van der Waals surface area contributed by atoms with Crippen molar-refractivity contribution in [1.82, 2.24) is 9.97 Å². The van der Waals surface area contributed by atoms with Crippen molar-refractivity contribution in [3.8, 4) is 0 Å². The molecule has 1 aromatic carbocycles. The molecule has 0 unspecified atom stereocenters. The Labute approximate surface area is 110 Å². The Bertz CT molecular complexity index is 698. The van der Waals surface area contributed by atoms with Crippen LogP contribution in [0.3, 0.4) is 0 Å². The summed E-state index contributed by atoms with van der Waals surface area (Å²) in [6.07, 6.45) is 3.65. The van der Waals surface area contributed by atoms with E-state index in [-0.39, 0.29) is 5.82 Å². The molecule has 0 aliphatic rings. The number of aryl methyl sites for hydroxylation is 1. The number of nitrogens with one attached hydrogen (secondary N) is 2. The molecule has 0 saturated carbocycles. The van der Waals surface area contributed by atoms with Crippen LogP contribution in [-0.4, -0.2) is 9.97 Å². The van der Waals surface area contributed by atoms with Gasteiger partial charge in [-0.3, -0.25) is 0 Å². The van der Waals surface area contributed by atoms with Gasteiger partial charge < -0.3 is 10.3 Å². The summed E-state index contributed by atoms with van der Waals surface area (Å²) in [6.45, 7) is 2.45. The van der Waals surface area contributed by atoms with E-state index < -0.39 is 0 Å². The van der Waals surface area contributed by atoms with Gasteiger partial charge in [-0.15, -0.1) is 0 Å². The van der Waals surface area contributed by atoms with Crippen LogP contribution in [0, 0.1) is 12.7 Å². The zero-order valence-corrected chi connectivity index (χ0v) is 10.6. The number of rotatable bonds is 3. The van der Waals surface area contributed by atoms with Gasteiger partial charge in [-0.25, -0.2) is 9.37 Å². The molecule has 3 rings (SSSR count). The zero-order chi connectivity index (χ0) is 13.2. The predicted molar refractivity (Wildman–Crippen MR) is 74.6 cm³/mol. The first-order chi connectivity index (χ1) is 9.25. The second-order valence-corrected chi connectivity index (χ2v) is 4.50. The summed E-state index contributed by atoms with van der Waals surface area (Å²) in [5.41, 5.74) is 3.38. The van der Waals surface area contributed by atoms with Crippen molar-refractivity contribution in [1.29, 1.82) is 0 Å². The Morgan fingerprint density at radius 3 is 3.00 bits per heavy atom. The highest BCUT2D eigenvalue weighted by Crippen LogP contribution is 2.21. The van der Waals surface area contributed by atoms with Crippen molar-refractivity contribution in [2.24, 2.45) is 0 Å². The van der Waals surface area contributed by atoms with Gasteiger partial charge >= 0.3 is 0 Å². The molecule has 0 aliphatic carbocycles. The number of anilines is 1. The highest BCUT2D eigenvalue weighted by atomic mass is 19.1. The lowest BCUT2D eigenvalue weighted by molar-refractivity contribution is 0.629. The summed E-state index contributed by atoms with van der Waals surface area (Å²) in [7, 11) is 0. The fourth-order valence-corrected chi connectivity index (χ4v) is 2.20. The highest BCUT2D eigenvalue weighted by Gasteiger charge is 2.07. The van der Waals surface area contributed by atoms with Crippen LogP contribution in [-0.2, 0) is 6.54 Å². The summed E-state index contributed by atoms with van der Waals surface area (Å²) in [5.74, 6) is -0.224. The third-order valence-electron chi connectivity index (χ3n) is 3.21. The van der Waals surface area contributed by atoms with Gasteiger partial charge in [0.15, 0.2) is 0 Å². The molecule has 0 bridgehead atoms. The third-order valence-corrected chi connectivity index (χ3v) is 3.21. The predicted octanol–water partition coefficient (Wildman–Crippen LogP) is 3.62. The van der Waals surface area contributed by atoms with E-state index in [1.54, 1.807) is 12.3 Å². The van der Waals surface area contributed by atoms with Gasteiger partial charge in [0.2, 0.25) is 0 Å². The van der Waals surface area contributed by atoms with Gasteiger partial charge in [0.25, 0.3) is 0 Å². The van der Waals surface area contributed by atoms with Crippen LogP contribution in [0.1, 0.15) is 11.1 Å². The molecule has 19 heavy (non-hydrogen) atoms. The van der Waals surface area contributed by atoms with Gasteiger partial charge in [-0.2, -0.15) is 0 Å². The van der Waals surface area contributed by atoms with Gasteiger partial charge in [-0.05, 0) is 36.2 Å². The van der Waals surface area contributed by atoms with E-state index in [0.29, 0.717) is 12.2 Å². The maximum absolute atomic E-state index is 13.7. The first-order valence-corrected chi connectivity index (χ1v) is 6.15. The number of H-pyrrole nitrogens is 1. The molecule has 0 spiro atoms. The molecule has 3 aromatic rings. The second-order valence-electron chi connectivity index (χ2n) is 4.50. The number of fused-ring (bicyclic) bond motifs is 1. The zero-order valence-electron chi connectivity index (χ0n) is 10.6. The molecule has 2 heterocycles. The highest BCUT2D eigenvalue weighted by molar-refractivity contribution is 5.79. The Morgan fingerprint density at radius 1 is 1.26 bits per heavy atom. The number of hydrogen-bond donors (Lipinski definition) is 2. The lowest BCUT2D eigenvalue weighted by Gasteiger charge is -2.09. The van der Waals surface area contributed by atoms with Crippen LogP contribution in [0.25, 0.3) is 11.0 Å². The molecular formula is C15H14FN3. The molecule has 0 amide bonds. The summed E-state index contributed by atoms with van der Waals surface area (Å²) >= 11 is 0. The molecule has 4 heteroatoms. The molecular weight excluding hydrogens is 241 g/mol. The summed E-state index contributed by atoms with van der Waals surface area (Å²) in [4.78, 5) is 7.34. The largest absolute Gasteiger partial charge is 0.378 e. The molecule has 0 saturated heterocycles. The molecule has 0 radical (unpaired) electrons. The molecule has 2 N–H and O–H groups in total. The number of aromatic amines is 1. The van der Waals surface area contributed by atoms with E-state index in [1.807, 2.05) is 31.3 Å². The van der Waals surface area contributed by atoms with E-state index in [0.717, 1.165) is 22.2 Å². The fourth-order valence-electron chi connectivity index (χ4n) is 2.20. The van der Waals surface area contributed by atoms with Crippen molar-refractivity contribution in [2.45, 2.75) is 13.5 Å².